The summed E-state index contributed by atoms with van der Waals surface area (Å²) in [6, 6.07) is 0.842. The highest BCUT2D eigenvalue weighted by Gasteiger charge is 2.27. The van der Waals surface area contributed by atoms with E-state index in [-0.39, 0.29) is 0 Å². The molecule has 124 valence electrons. The molecule has 0 aromatic rings. The summed E-state index contributed by atoms with van der Waals surface area (Å²) in [5.41, 5.74) is 0. The van der Waals surface area contributed by atoms with Crippen LogP contribution in [0.25, 0.3) is 0 Å². The number of aliphatic imine (C=N–C) groups is 1. The van der Waals surface area contributed by atoms with E-state index in [1.165, 1.54) is 12.8 Å². The minimum atomic E-state index is 0.808. The molecule has 1 saturated carbocycles. The van der Waals surface area contributed by atoms with E-state index in [0.717, 1.165) is 70.8 Å². The summed E-state index contributed by atoms with van der Waals surface area (Å²) in [7, 11) is 0. The fraction of sp³-hybridized carbons (Fsp3) is 0.938. The van der Waals surface area contributed by atoms with Gasteiger partial charge in [-0.05, 0) is 46.1 Å². The van der Waals surface area contributed by atoms with Crippen LogP contribution < -0.4 is 10.6 Å². The van der Waals surface area contributed by atoms with Crippen LogP contribution in [0.15, 0.2) is 4.99 Å². The Hall–Kier alpha value is -0.810. The van der Waals surface area contributed by atoms with Crippen molar-refractivity contribution in [3.63, 3.8) is 0 Å². The summed E-state index contributed by atoms with van der Waals surface area (Å²) < 4.78 is 5.33. The van der Waals surface area contributed by atoms with E-state index in [1.807, 2.05) is 6.92 Å². The normalized spacial score (nSPS) is 15.5. The van der Waals surface area contributed by atoms with Crippen molar-refractivity contribution in [2.24, 2.45) is 4.99 Å². The lowest BCUT2D eigenvalue weighted by molar-refractivity contribution is 0.144. The number of unbranched alkanes of at least 4 members (excludes halogenated alkanes) is 1. The van der Waals surface area contributed by atoms with Crippen LogP contribution in [0, 0.1) is 0 Å². The topological polar surface area (TPSA) is 48.9 Å². The third-order valence-corrected chi connectivity index (χ3v) is 3.68. The number of nitrogens with one attached hydrogen (secondary N) is 2. The molecule has 0 radical (unpaired) electrons. The first-order valence-corrected chi connectivity index (χ1v) is 8.65. The molecule has 0 aromatic carbocycles. The zero-order valence-electron chi connectivity index (χ0n) is 14.2. The maximum Gasteiger partial charge on any atom is 0.191 e. The molecule has 0 spiro atoms. The molecule has 1 aliphatic rings. The highest BCUT2D eigenvalue weighted by atomic mass is 16.5. The third-order valence-electron chi connectivity index (χ3n) is 3.68. The Morgan fingerprint density at radius 1 is 1.19 bits per heavy atom. The summed E-state index contributed by atoms with van der Waals surface area (Å²) in [4.78, 5) is 7.17. The van der Waals surface area contributed by atoms with Crippen molar-refractivity contribution in [1.29, 1.82) is 0 Å². The van der Waals surface area contributed by atoms with Crippen LogP contribution in [0.5, 0.6) is 0 Å². The van der Waals surface area contributed by atoms with Gasteiger partial charge in [-0.25, -0.2) is 0 Å². The van der Waals surface area contributed by atoms with Crippen LogP contribution in [-0.2, 0) is 4.74 Å². The van der Waals surface area contributed by atoms with Crippen molar-refractivity contribution >= 4 is 5.96 Å². The minimum Gasteiger partial charge on any atom is -0.382 e. The number of hydrogen-bond acceptors (Lipinski definition) is 3. The van der Waals surface area contributed by atoms with Gasteiger partial charge in [-0.1, -0.05) is 6.92 Å². The lowest BCUT2D eigenvalue weighted by Crippen LogP contribution is -2.42. The highest BCUT2D eigenvalue weighted by molar-refractivity contribution is 5.79. The molecule has 0 bridgehead atoms. The lowest BCUT2D eigenvalue weighted by atomic mass is 10.3. The smallest absolute Gasteiger partial charge is 0.191 e. The maximum atomic E-state index is 5.33. The molecule has 0 saturated heterocycles. The van der Waals surface area contributed by atoms with E-state index in [1.54, 1.807) is 0 Å². The molecular weight excluding hydrogens is 264 g/mol. The van der Waals surface area contributed by atoms with E-state index in [9.17, 15) is 0 Å². The van der Waals surface area contributed by atoms with Crippen molar-refractivity contribution < 1.29 is 4.74 Å². The van der Waals surface area contributed by atoms with Gasteiger partial charge in [0.05, 0.1) is 0 Å². The summed E-state index contributed by atoms with van der Waals surface area (Å²) in [5, 5.41) is 6.75. The van der Waals surface area contributed by atoms with Gasteiger partial charge in [0.2, 0.25) is 0 Å². The van der Waals surface area contributed by atoms with Crippen molar-refractivity contribution in [2.75, 3.05) is 45.9 Å². The van der Waals surface area contributed by atoms with E-state index in [2.05, 4.69) is 34.4 Å². The van der Waals surface area contributed by atoms with E-state index >= 15 is 0 Å². The number of ether oxygens (including phenoxy) is 1. The quantitative estimate of drug-likeness (QED) is 0.328. The van der Waals surface area contributed by atoms with Crippen LogP contribution in [0.3, 0.4) is 0 Å². The van der Waals surface area contributed by atoms with Gasteiger partial charge in [-0.3, -0.25) is 9.89 Å². The molecule has 0 atom stereocenters. The van der Waals surface area contributed by atoms with Gasteiger partial charge < -0.3 is 15.4 Å². The number of guanidine groups is 1. The molecule has 1 aliphatic carbocycles. The number of nitrogens with zero attached hydrogens (tertiary/aromatic N) is 2. The van der Waals surface area contributed by atoms with Crippen molar-refractivity contribution in [3.05, 3.63) is 0 Å². The van der Waals surface area contributed by atoms with Crippen molar-refractivity contribution in [1.82, 2.24) is 15.5 Å². The average molecular weight is 298 g/mol. The van der Waals surface area contributed by atoms with Crippen LogP contribution >= 0.6 is 0 Å². The summed E-state index contributed by atoms with van der Waals surface area (Å²) >= 11 is 0. The highest BCUT2D eigenvalue weighted by Crippen LogP contribution is 2.25. The molecule has 0 amide bonds. The molecule has 0 aromatic heterocycles. The van der Waals surface area contributed by atoms with Gasteiger partial charge >= 0.3 is 0 Å². The molecule has 1 fully saturated rings. The Morgan fingerprint density at radius 2 is 2.00 bits per heavy atom. The largest absolute Gasteiger partial charge is 0.382 e. The van der Waals surface area contributed by atoms with Crippen molar-refractivity contribution in [2.45, 2.75) is 52.5 Å². The van der Waals surface area contributed by atoms with Gasteiger partial charge in [-0.2, -0.15) is 0 Å². The summed E-state index contributed by atoms with van der Waals surface area (Å²) in [6.45, 7) is 13.0. The predicted octanol–water partition coefficient (Wildman–Crippen LogP) is 1.84. The Labute approximate surface area is 130 Å². The summed E-state index contributed by atoms with van der Waals surface area (Å²) in [6.07, 6.45) is 4.92. The van der Waals surface area contributed by atoms with E-state index < -0.39 is 0 Å². The molecule has 2 N–H and O–H groups in total. The third kappa shape index (κ3) is 8.94. The second-order valence-electron chi connectivity index (χ2n) is 5.45. The van der Waals surface area contributed by atoms with Crippen molar-refractivity contribution in [3.8, 4) is 0 Å². The fourth-order valence-electron chi connectivity index (χ4n) is 2.35. The molecule has 1 rings (SSSR count). The molecule has 0 aliphatic heterocycles. The van der Waals surface area contributed by atoms with Gasteiger partial charge in [-0.15, -0.1) is 0 Å². The van der Waals surface area contributed by atoms with Gasteiger partial charge in [0, 0.05) is 45.4 Å². The average Bonchev–Trinajstić information content (AvgIpc) is 3.31. The second kappa shape index (κ2) is 11.8. The first kappa shape index (κ1) is 18.2. The molecule has 5 nitrogen and oxygen atoms in total. The monoisotopic (exact) mass is 298 g/mol. The van der Waals surface area contributed by atoms with Crippen LogP contribution in [0.1, 0.15) is 46.5 Å². The fourth-order valence-corrected chi connectivity index (χ4v) is 2.35. The number of rotatable bonds is 12. The first-order valence-electron chi connectivity index (χ1n) is 8.65. The molecular formula is C16H34N4O. The molecule has 0 unspecified atom stereocenters. The first-order chi connectivity index (χ1) is 10.3. The second-order valence-corrected chi connectivity index (χ2v) is 5.45. The van der Waals surface area contributed by atoms with Crippen LogP contribution in [0.2, 0.25) is 0 Å². The Morgan fingerprint density at radius 3 is 2.62 bits per heavy atom. The van der Waals surface area contributed by atoms with Gasteiger partial charge in [0.25, 0.3) is 0 Å². The molecule has 5 heteroatoms. The van der Waals surface area contributed by atoms with Gasteiger partial charge in [0.1, 0.15) is 0 Å². The zero-order chi connectivity index (χ0) is 15.3. The van der Waals surface area contributed by atoms with E-state index in [4.69, 9.17) is 4.74 Å². The molecule has 0 heterocycles. The maximum absolute atomic E-state index is 5.33. The number of hydrogen-bond donors (Lipinski definition) is 2. The van der Waals surface area contributed by atoms with Crippen LogP contribution in [0.4, 0.5) is 0 Å². The zero-order valence-corrected chi connectivity index (χ0v) is 14.2. The Kier molecular flexibility index (Phi) is 10.3. The minimum absolute atomic E-state index is 0.808. The SMILES string of the molecule is CCNC(=NCCCCOCC)NCCN(CC)C1CC1. The Balaban J connectivity index is 2.15. The number of likely N-dealkylation sites (N-methyl/N-ethyl adjacent to an activating group) is 1. The van der Waals surface area contributed by atoms with Crippen LogP contribution in [-0.4, -0.2) is 62.8 Å². The Bertz CT molecular complexity index is 279. The lowest BCUT2D eigenvalue weighted by Gasteiger charge is -2.20. The van der Waals surface area contributed by atoms with Gasteiger partial charge in [0.15, 0.2) is 5.96 Å². The standard InChI is InChI=1S/C16H34N4O/c1-4-17-16(18-11-7-8-14-21-6-3)19-12-13-20(5-2)15-9-10-15/h15H,4-14H2,1-3H3,(H2,17,18,19). The molecule has 21 heavy (non-hydrogen) atoms. The summed E-state index contributed by atoms with van der Waals surface area (Å²) in [5.74, 6) is 0.945. The predicted molar refractivity (Wildman–Crippen MR) is 90.0 cm³/mol. The van der Waals surface area contributed by atoms with E-state index in [0.29, 0.717) is 0 Å².